The molecule has 0 aliphatic heterocycles. The highest BCUT2D eigenvalue weighted by molar-refractivity contribution is 5.87. The van der Waals surface area contributed by atoms with E-state index in [1.807, 2.05) is 0 Å². The molecule has 1 rings (SSSR count). The molecule has 0 aromatic rings. The molecular weight excluding hydrogens is 221 g/mol. The van der Waals surface area contributed by atoms with E-state index in [0.29, 0.717) is 12.8 Å². The minimum Gasteiger partial charge on any atom is -0.478 e. The van der Waals surface area contributed by atoms with E-state index in [0.717, 1.165) is 26.2 Å². The summed E-state index contributed by atoms with van der Waals surface area (Å²) < 4.78 is 38.4. The average Bonchev–Trinajstić information content (AvgIpc) is 2.17. The Labute approximate surface area is 92.1 Å². The van der Waals surface area contributed by atoms with Crippen molar-refractivity contribution in [2.24, 2.45) is 5.92 Å². The third-order valence-corrected chi connectivity index (χ3v) is 3.04. The molecule has 0 atom stereocenters. The topological polar surface area (TPSA) is 37.3 Å². The molecule has 1 fully saturated rings. The fourth-order valence-corrected chi connectivity index (χ4v) is 2.26. The summed E-state index contributed by atoms with van der Waals surface area (Å²) in [5.41, 5.74) is -1.39. The molecule has 1 saturated carbocycles. The van der Waals surface area contributed by atoms with Crippen LogP contribution >= 0.6 is 0 Å². The molecule has 2 nitrogen and oxygen atoms in total. The second-order valence-electron chi connectivity index (χ2n) is 4.18. The van der Waals surface area contributed by atoms with Crippen LogP contribution in [0.3, 0.4) is 0 Å². The van der Waals surface area contributed by atoms with Crippen molar-refractivity contribution < 1.29 is 23.1 Å². The van der Waals surface area contributed by atoms with Gasteiger partial charge >= 0.3 is 12.1 Å². The van der Waals surface area contributed by atoms with Crippen molar-refractivity contribution in [3.8, 4) is 0 Å². The van der Waals surface area contributed by atoms with Crippen LogP contribution in [0, 0.1) is 5.92 Å². The van der Waals surface area contributed by atoms with Crippen LogP contribution in [0.1, 0.15) is 39.0 Å². The van der Waals surface area contributed by atoms with Crippen LogP contribution in [0.5, 0.6) is 0 Å². The molecule has 5 heteroatoms. The van der Waals surface area contributed by atoms with Gasteiger partial charge in [-0.3, -0.25) is 0 Å². The van der Waals surface area contributed by atoms with E-state index < -0.39 is 29.2 Å². The highest BCUT2D eigenvalue weighted by atomic mass is 19.4. The van der Waals surface area contributed by atoms with Crippen molar-refractivity contribution in [3.63, 3.8) is 0 Å². The summed E-state index contributed by atoms with van der Waals surface area (Å²) in [5.74, 6) is -2.11. The first-order chi connectivity index (χ1) is 7.34. The molecule has 0 radical (unpaired) electrons. The predicted molar refractivity (Wildman–Crippen MR) is 53.0 cm³/mol. The Balaban J connectivity index is 3.05. The van der Waals surface area contributed by atoms with E-state index in [9.17, 15) is 18.0 Å². The van der Waals surface area contributed by atoms with Gasteiger partial charge in [-0.15, -0.1) is 0 Å². The lowest BCUT2D eigenvalue weighted by Crippen LogP contribution is -2.25. The van der Waals surface area contributed by atoms with Gasteiger partial charge < -0.3 is 5.11 Å². The zero-order chi connectivity index (χ0) is 12.3. The van der Waals surface area contributed by atoms with Crippen LogP contribution in [0.4, 0.5) is 13.2 Å². The lowest BCUT2D eigenvalue weighted by Gasteiger charge is -2.27. The van der Waals surface area contributed by atoms with E-state index in [4.69, 9.17) is 5.11 Å². The summed E-state index contributed by atoms with van der Waals surface area (Å²) in [7, 11) is 0. The van der Waals surface area contributed by atoms with Crippen molar-refractivity contribution in [3.05, 3.63) is 11.1 Å². The van der Waals surface area contributed by atoms with Gasteiger partial charge in [-0.25, -0.2) is 4.79 Å². The number of hydrogen-bond acceptors (Lipinski definition) is 1. The third kappa shape index (κ3) is 3.00. The molecule has 1 aliphatic carbocycles. The van der Waals surface area contributed by atoms with Crippen molar-refractivity contribution in [2.45, 2.75) is 45.2 Å². The largest absolute Gasteiger partial charge is 0.478 e. The molecule has 1 N–H and O–H groups in total. The summed E-state index contributed by atoms with van der Waals surface area (Å²) >= 11 is 0. The summed E-state index contributed by atoms with van der Waals surface area (Å²) in [4.78, 5) is 10.7. The average molecular weight is 236 g/mol. The second-order valence-corrected chi connectivity index (χ2v) is 4.18. The fourth-order valence-electron chi connectivity index (χ4n) is 2.26. The fraction of sp³-hybridized carbons (Fsp3) is 0.727. The Hall–Kier alpha value is -1.00. The maximum atomic E-state index is 12.8. The molecule has 0 spiro atoms. The normalized spacial score (nSPS) is 20.5. The third-order valence-electron chi connectivity index (χ3n) is 3.04. The monoisotopic (exact) mass is 236 g/mol. The number of aliphatic carboxylic acids is 1. The van der Waals surface area contributed by atoms with Gasteiger partial charge in [0.05, 0.1) is 0 Å². The number of allylic oxidation sites excluding steroid dienone is 1. The van der Waals surface area contributed by atoms with Gasteiger partial charge in [0.1, 0.15) is 0 Å². The molecule has 0 bridgehead atoms. The van der Waals surface area contributed by atoms with E-state index in [-0.39, 0.29) is 0 Å². The summed E-state index contributed by atoms with van der Waals surface area (Å²) in [6, 6.07) is 0. The van der Waals surface area contributed by atoms with Crippen LogP contribution in [-0.4, -0.2) is 17.3 Å². The van der Waals surface area contributed by atoms with E-state index >= 15 is 0 Å². The molecule has 0 unspecified atom stereocenters. The molecule has 92 valence electrons. The smallest absolute Gasteiger partial charge is 0.413 e. The van der Waals surface area contributed by atoms with Crippen molar-refractivity contribution in [2.75, 3.05) is 0 Å². The van der Waals surface area contributed by atoms with Crippen molar-refractivity contribution >= 4 is 5.97 Å². The molecule has 0 aromatic carbocycles. The van der Waals surface area contributed by atoms with Crippen LogP contribution in [0.25, 0.3) is 0 Å². The minimum absolute atomic E-state index is 0.444. The maximum absolute atomic E-state index is 12.8. The van der Waals surface area contributed by atoms with Gasteiger partial charge in [0.15, 0.2) is 0 Å². The highest BCUT2D eigenvalue weighted by Crippen LogP contribution is 2.40. The van der Waals surface area contributed by atoms with Gasteiger partial charge in [-0.2, -0.15) is 13.2 Å². The minimum atomic E-state index is -4.52. The van der Waals surface area contributed by atoms with Crippen LogP contribution in [0.15, 0.2) is 11.1 Å². The Morgan fingerprint density at radius 1 is 1.19 bits per heavy atom. The Morgan fingerprint density at radius 2 is 1.69 bits per heavy atom. The number of hydrogen-bond donors (Lipinski definition) is 1. The molecule has 1 aliphatic rings. The van der Waals surface area contributed by atoms with Crippen LogP contribution in [0.2, 0.25) is 0 Å². The van der Waals surface area contributed by atoms with Gasteiger partial charge in [0.25, 0.3) is 0 Å². The summed E-state index contributed by atoms with van der Waals surface area (Å²) in [5, 5.41) is 8.69. The van der Waals surface area contributed by atoms with Gasteiger partial charge in [0.2, 0.25) is 0 Å². The lowest BCUT2D eigenvalue weighted by molar-refractivity contribution is -0.134. The van der Waals surface area contributed by atoms with E-state index in [1.54, 1.807) is 0 Å². The van der Waals surface area contributed by atoms with Gasteiger partial charge in [-0.05, 0) is 25.7 Å². The SMILES string of the molecule is CC(C(=O)O)=C(C1CCCCC1)C(F)(F)F. The summed E-state index contributed by atoms with van der Waals surface area (Å²) in [6.45, 7) is 1.04. The number of alkyl halides is 3. The van der Waals surface area contributed by atoms with Crippen LogP contribution in [-0.2, 0) is 4.79 Å². The van der Waals surface area contributed by atoms with Gasteiger partial charge in [-0.1, -0.05) is 19.3 Å². The first-order valence-electron chi connectivity index (χ1n) is 5.35. The number of carboxylic acid groups (broad SMARTS) is 1. The van der Waals surface area contributed by atoms with Crippen molar-refractivity contribution in [1.82, 2.24) is 0 Å². The standard InChI is InChI=1S/C11H15F3O2/c1-7(10(15)16)9(11(12,13)14)8-5-3-2-4-6-8/h8H,2-6H2,1H3,(H,15,16). The summed E-state index contributed by atoms with van der Waals surface area (Å²) in [6.07, 6.45) is -1.20. The Morgan fingerprint density at radius 3 is 2.06 bits per heavy atom. The molecular formula is C11H15F3O2. The first-order valence-corrected chi connectivity index (χ1v) is 5.35. The predicted octanol–water partition coefficient (Wildman–Crippen LogP) is 3.53. The number of rotatable bonds is 2. The molecule has 16 heavy (non-hydrogen) atoms. The molecule has 0 heterocycles. The molecule has 0 amide bonds. The Bertz CT molecular complexity index is 299. The quantitative estimate of drug-likeness (QED) is 0.745. The van der Waals surface area contributed by atoms with Crippen molar-refractivity contribution in [1.29, 1.82) is 0 Å². The van der Waals surface area contributed by atoms with Crippen LogP contribution < -0.4 is 0 Å². The Kier molecular flexibility index (Phi) is 3.99. The zero-order valence-electron chi connectivity index (χ0n) is 9.10. The van der Waals surface area contributed by atoms with E-state index in [2.05, 4.69) is 0 Å². The van der Waals surface area contributed by atoms with E-state index in [1.165, 1.54) is 0 Å². The zero-order valence-corrected chi connectivity index (χ0v) is 9.10. The number of carbonyl (C=O) groups is 1. The first kappa shape index (κ1) is 13.1. The number of carboxylic acids is 1. The molecule has 0 aromatic heterocycles. The highest BCUT2D eigenvalue weighted by Gasteiger charge is 2.41. The number of halogens is 3. The lowest BCUT2D eigenvalue weighted by atomic mass is 9.81. The maximum Gasteiger partial charge on any atom is 0.413 e. The molecule has 0 saturated heterocycles. The second kappa shape index (κ2) is 4.89. The van der Waals surface area contributed by atoms with Gasteiger partial charge in [0, 0.05) is 11.1 Å².